The van der Waals surface area contributed by atoms with E-state index >= 15 is 0 Å². The molecule has 0 bridgehead atoms. The Labute approximate surface area is 85.1 Å². The zero-order valence-corrected chi connectivity index (χ0v) is 8.78. The molecule has 1 aromatic carbocycles. The largest absolute Gasteiger partial charge is 0.378 e. The molecular formula is C12H14N2. The minimum Gasteiger partial charge on any atom is -0.378 e. The predicted octanol–water partition coefficient (Wildman–Crippen LogP) is 2.68. The Bertz CT molecular complexity index is 366. The van der Waals surface area contributed by atoms with Crippen LogP contribution in [0.5, 0.6) is 0 Å². The Hall–Kier alpha value is -1.75. The lowest BCUT2D eigenvalue weighted by atomic mass is 10.1. The van der Waals surface area contributed by atoms with Gasteiger partial charge in [-0.25, -0.2) is 0 Å². The highest BCUT2D eigenvalue weighted by atomic mass is 15.1. The summed E-state index contributed by atoms with van der Waals surface area (Å²) >= 11 is 0. The highest BCUT2D eigenvalue weighted by molar-refractivity contribution is 5.59. The molecule has 1 rings (SSSR count). The summed E-state index contributed by atoms with van der Waals surface area (Å²) in [6.07, 6.45) is 1.87. The van der Waals surface area contributed by atoms with Crippen molar-refractivity contribution in [2.75, 3.05) is 19.0 Å². The zero-order valence-electron chi connectivity index (χ0n) is 8.78. The number of hydrogen-bond acceptors (Lipinski definition) is 2. The van der Waals surface area contributed by atoms with Crippen LogP contribution in [0.4, 0.5) is 5.69 Å². The van der Waals surface area contributed by atoms with Crippen LogP contribution in [0.25, 0.3) is 6.08 Å². The summed E-state index contributed by atoms with van der Waals surface area (Å²) in [5.41, 5.74) is 2.95. The van der Waals surface area contributed by atoms with Crippen LogP contribution in [0.1, 0.15) is 12.5 Å². The van der Waals surface area contributed by atoms with E-state index in [-0.39, 0.29) is 0 Å². The van der Waals surface area contributed by atoms with E-state index in [0.717, 1.165) is 16.8 Å². The van der Waals surface area contributed by atoms with Gasteiger partial charge in [0.25, 0.3) is 0 Å². The molecule has 0 saturated heterocycles. The summed E-state index contributed by atoms with van der Waals surface area (Å²) in [5.74, 6) is 0. The third kappa shape index (κ3) is 2.63. The van der Waals surface area contributed by atoms with E-state index in [1.807, 2.05) is 49.3 Å². The van der Waals surface area contributed by atoms with Crippen LogP contribution in [-0.4, -0.2) is 14.1 Å². The van der Waals surface area contributed by atoms with Gasteiger partial charge < -0.3 is 4.90 Å². The van der Waals surface area contributed by atoms with Gasteiger partial charge in [-0.15, -0.1) is 0 Å². The number of rotatable bonds is 2. The van der Waals surface area contributed by atoms with Crippen molar-refractivity contribution >= 4 is 11.8 Å². The third-order valence-electron chi connectivity index (χ3n) is 1.97. The van der Waals surface area contributed by atoms with Gasteiger partial charge in [-0.3, -0.25) is 0 Å². The lowest BCUT2D eigenvalue weighted by Gasteiger charge is -2.11. The molecule has 0 radical (unpaired) electrons. The van der Waals surface area contributed by atoms with Crippen molar-refractivity contribution in [2.24, 2.45) is 0 Å². The van der Waals surface area contributed by atoms with Gasteiger partial charge in [-0.1, -0.05) is 12.1 Å². The van der Waals surface area contributed by atoms with Crippen LogP contribution in [0, 0.1) is 11.3 Å². The van der Waals surface area contributed by atoms with Crippen molar-refractivity contribution in [2.45, 2.75) is 6.92 Å². The van der Waals surface area contributed by atoms with Crippen LogP contribution in [-0.2, 0) is 0 Å². The maximum absolute atomic E-state index is 8.61. The van der Waals surface area contributed by atoms with Gasteiger partial charge in [0.1, 0.15) is 0 Å². The first kappa shape index (κ1) is 10.3. The number of anilines is 1. The molecule has 0 amide bonds. The average molecular weight is 186 g/mol. The Morgan fingerprint density at radius 3 is 2.29 bits per heavy atom. The molecule has 2 heteroatoms. The van der Waals surface area contributed by atoms with Gasteiger partial charge in [-0.2, -0.15) is 5.26 Å². The fraction of sp³-hybridized carbons (Fsp3) is 0.250. The topological polar surface area (TPSA) is 27.0 Å². The normalized spacial score (nSPS) is 10.9. The Morgan fingerprint density at radius 2 is 1.86 bits per heavy atom. The fourth-order valence-corrected chi connectivity index (χ4v) is 1.15. The molecule has 14 heavy (non-hydrogen) atoms. The number of hydrogen-bond donors (Lipinski definition) is 0. The van der Waals surface area contributed by atoms with Gasteiger partial charge in [0, 0.05) is 25.4 Å². The van der Waals surface area contributed by atoms with Crippen molar-refractivity contribution < 1.29 is 0 Å². The average Bonchev–Trinajstić information content (AvgIpc) is 2.18. The zero-order chi connectivity index (χ0) is 10.6. The molecule has 0 aliphatic heterocycles. The predicted molar refractivity (Wildman–Crippen MR) is 60.0 cm³/mol. The van der Waals surface area contributed by atoms with Gasteiger partial charge in [0.05, 0.1) is 6.07 Å². The molecule has 0 saturated carbocycles. The van der Waals surface area contributed by atoms with E-state index in [4.69, 9.17) is 5.26 Å². The van der Waals surface area contributed by atoms with Crippen molar-refractivity contribution in [3.63, 3.8) is 0 Å². The Morgan fingerprint density at radius 1 is 1.29 bits per heavy atom. The van der Waals surface area contributed by atoms with Crippen LogP contribution in [0.3, 0.4) is 0 Å². The smallest absolute Gasteiger partial charge is 0.0944 e. The van der Waals surface area contributed by atoms with Gasteiger partial charge >= 0.3 is 0 Å². The molecule has 0 aliphatic rings. The van der Waals surface area contributed by atoms with E-state index in [2.05, 4.69) is 6.07 Å². The second-order valence-corrected chi connectivity index (χ2v) is 3.43. The van der Waals surface area contributed by atoms with Crippen molar-refractivity contribution in [1.29, 1.82) is 5.26 Å². The maximum Gasteiger partial charge on any atom is 0.0944 e. The Kier molecular flexibility index (Phi) is 3.30. The second kappa shape index (κ2) is 4.48. The molecule has 2 nitrogen and oxygen atoms in total. The molecule has 0 N–H and O–H groups in total. The van der Waals surface area contributed by atoms with E-state index in [9.17, 15) is 0 Å². The maximum atomic E-state index is 8.61. The summed E-state index contributed by atoms with van der Waals surface area (Å²) < 4.78 is 0. The Balaban J connectivity index is 2.90. The minimum absolute atomic E-state index is 0.725. The lowest BCUT2D eigenvalue weighted by Crippen LogP contribution is -2.07. The number of nitrogens with zero attached hydrogens (tertiary/aromatic N) is 2. The number of benzene rings is 1. The molecule has 72 valence electrons. The number of allylic oxidation sites excluding steroid dienone is 1. The van der Waals surface area contributed by atoms with Crippen molar-refractivity contribution in [3.8, 4) is 6.07 Å². The van der Waals surface area contributed by atoms with E-state index < -0.39 is 0 Å². The molecule has 0 unspecified atom stereocenters. The molecule has 1 aromatic rings. The van der Waals surface area contributed by atoms with E-state index in [1.54, 1.807) is 6.92 Å². The summed E-state index contributed by atoms with van der Waals surface area (Å²) in [5, 5.41) is 8.61. The molecule has 0 spiro atoms. The van der Waals surface area contributed by atoms with E-state index in [1.165, 1.54) is 0 Å². The lowest BCUT2D eigenvalue weighted by molar-refractivity contribution is 1.13. The fourth-order valence-electron chi connectivity index (χ4n) is 1.15. The first-order chi connectivity index (χ1) is 6.63. The van der Waals surface area contributed by atoms with Gasteiger partial charge in [-0.05, 0) is 30.7 Å². The molecule has 0 heterocycles. The van der Waals surface area contributed by atoms with Crippen molar-refractivity contribution in [3.05, 3.63) is 35.4 Å². The number of nitriles is 1. The highest BCUT2D eigenvalue weighted by Crippen LogP contribution is 2.14. The first-order valence-corrected chi connectivity index (χ1v) is 4.49. The SMILES string of the molecule is C/C(C#N)=C/c1ccc(N(C)C)cc1. The van der Waals surface area contributed by atoms with Gasteiger partial charge in [0.15, 0.2) is 0 Å². The quantitative estimate of drug-likeness (QED) is 0.664. The first-order valence-electron chi connectivity index (χ1n) is 4.49. The monoisotopic (exact) mass is 186 g/mol. The standard InChI is InChI=1S/C12H14N2/c1-10(9-13)8-11-4-6-12(7-5-11)14(2)3/h4-8H,1-3H3/b10-8-. The van der Waals surface area contributed by atoms with Crippen molar-refractivity contribution in [1.82, 2.24) is 0 Å². The van der Waals surface area contributed by atoms with Crippen LogP contribution in [0.2, 0.25) is 0 Å². The minimum atomic E-state index is 0.725. The van der Waals surface area contributed by atoms with Gasteiger partial charge in [0.2, 0.25) is 0 Å². The molecule has 0 fully saturated rings. The van der Waals surface area contributed by atoms with E-state index in [0.29, 0.717) is 0 Å². The van der Waals surface area contributed by atoms with Crippen LogP contribution >= 0.6 is 0 Å². The molecule has 0 aliphatic carbocycles. The summed E-state index contributed by atoms with van der Waals surface area (Å²) in [4.78, 5) is 2.05. The second-order valence-electron chi connectivity index (χ2n) is 3.43. The summed E-state index contributed by atoms with van der Waals surface area (Å²) in [6, 6.07) is 10.2. The third-order valence-corrected chi connectivity index (χ3v) is 1.97. The summed E-state index contributed by atoms with van der Waals surface area (Å²) in [7, 11) is 4.01. The molecule has 0 aromatic heterocycles. The molecule has 0 atom stereocenters. The van der Waals surface area contributed by atoms with Crippen LogP contribution in [0.15, 0.2) is 29.8 Å². The van der Waals surface area contributed by atoms with Crippen LogP contribution < -0.4 is 4.90 Å². The molecular weight excluding hydrogens is 172 g/mol. The highest BCUT2D eigenvalue weighted by Gasteiger charge is 1.94. The summed E-state index contributed by atoms with van der Waals surface area (Å²) in [6.45, 7) is 1.81.